The molecule has 0 unspecified atom stereocenters. The summed E-state index contributed by atoms with van der Waals surface area (Å²) >= 11 is 0. The molecule has 0 radical (unpaired) electrons. The van der Waals surface area contributed by atoms with Gasteiger partial charge in [0.1, 0.15) is 23.4 Å². The van der Waals surface area contributed by atoms with E-state index in [-0.39, 0.29) is 18.0 Å². The molecule has 6 nitrogen and oxygen atoms in total. The van der Waals surface area contributed by atoms with E-state index in [4.69, 9.17) is 9.26 Å². The Morgan fingerprint density at radius 2 is 2.35 bits per heavy atom. The van der Waals surface area contributed by atoms with Crippen molar-refractivity contribution in [1.82, 2.24) is 15.4 Å². The minimum Gasteiger partial charge on any atom is -0.443 e. The molecule has 1 aromatic heterocycles. The number of fused-ring (bicyclic) bond motifs is 1. The zero-order chi connectivity index (χ0) is 15.8. The number of nitrogens with zero attached hydrogens (tertiary/aromatic N) is 2. The number of ether oxygens (including phenoxy) is 1. The fourth-order valence-corrected chi connectivity index (χ4v) is 3.11. The van der Waals surface area contributed by atoms with Crippen LogP contribution in [0.4, 0.5) is 9.18 Å². The number of cyclic esters (lactones) is 1. The second-order valence-corrected chi connectivity index (χ2v) is 5.84. The average Bonchev–Trinajstić information content (AvgIpc) is 3.13. The highest BCUT2D eigenvalue weighted by molar-refractivity contribution is 5.69. The van der Waals surface area contributed by atoms with Crippen molar-refractivity contribution in [3.8, 4) is 11.3 Å². The van der Waals surface area contributed by atoms with Crippen LogP contribution in [0.25, 0.3) is 11.3 Å². The number of rotatable bonds is 3. The smallest absolute Gasteiger partial charge is 0.407 e. The van der Waals surface area contributed by atoms with Crippen molar-refractivity contribution in [2.45, 2.75) is 19.1 Å². The third-order valence-corrected chi connectivity index (χ3v) is 4.21. The van der Waals surface area contributed by atoms with Crippen molar-refractivity contribution in [2.75, 3.05) is 19.6 Å². The van der Waals surface area contributed by atoms with Crippen LogP contribution in [0.15, 0.2) is 28.8 Å². The lowest BCUT2D eigenvalue weighted by Crippen LogP contribution is -2.37. The number of halogens is 1. The Morgan fingerprint density at radius 1 is 1.43 bits per heavy atom. The minimum atomic E-state index is -0.363. The van der Waals surface area contributed by atoms with Crippen molar-refractivity contribution in [1.29, 1.82) is 0 Å². The molecule has 2 aromatic rings. The van der Waals surface area contributed by atoms with Crippen molar-refractivity contribution in [3.05, 3.63) is 41.4 Å². The normalized spacial score (nSPS) is 20.9. The Morgan fingerprint density at radius 3 is 3.13 bits per heavy atom. The van der Waals surface area contributed by atoms with Gasteiger partial charge in [-0.3, -0.25) is 4.90 Å². The Labute approximate surface area is 132 Å². The van der Waals surface area contributed by atoms with Crippen LogP contribution in [0, 0.1) is 5.82 Å². The summed E-state index contributed by atoms with van der Waals surface area (Å²) in [4.78, 5) is 13.3. The summed E-state index contributed by atoms with van der Waals surface area (Å²) in [5.41, 5.74) is 2.38. The predicted molar refractivity (Wildman–Crippen MR) is 79.1 cm³/mol. The summed E-state index contributed by atoms with van der Waals surface area (Å²) in [5.74, 6) is 0.554. The molecule has 3 heterocycles. The Kier molecular flexibility index (Phi) is 3.49. The second-order valence-electron chi connectivity index (χ2n) is 5.84. The molecule has 0 bridgehead atoms. The van der Waals surface area contributed by atoms with E-state index in [9.17, 15) is 9.18 Å². The van der Waals surface area contributed by atoms with E-state index in [1.807, 2.05) is 6.07 Å². The highest BCUT2D eigenvalue weighted by Crippen LogP contribution is 2.30. The van der Waals surface area contributed by atoms with Gasteiger partial charge in [-0.1, -0.05) is 17.3 Å². The Hall–Kier alpha value is -2.41. The molecule has 1 aromatic carbocycles. The van der Waals surface area contributed by atoms with Crippen LogP contribution in [-0.2, 0) is 17.7 Å². The molecule has 1 amide bonds. The first-order valence-corrected chi connectivity index (χ1v) is 7.59. The number of hydrogen-bond acceptors (Lipinski definition) is 5. The van der Waals surface area contributed by atoms with E-state index in [1.54, 1.807) is 6.07 Å². The molecule has 120 valence electrons. The quantitative estimate of drug-likeness (QED) is 0.937. The molecule has 7 heteroatoms. The Bertz CT molecular complexity index is 746. The van der Waals surface area contributed by atoms with Gasteiger partial charge in [0.05, 0.1) is 6.54 Å². The highest BCUT2D eigenvalue weighted by Gasteiger charge is 2.29. The van der Waals surface area contributed by atoms with Crippen LogP contribution in [0.1, 0.15) is 11.3 Å². The monoisotopic (exact) mass is 317 g/mol. The van der Waals surface area contributed by atoms with Gasteiger partial charge in [-0.2, -0.15) is 0 Å². The van der Waals surface area contributed by atoms with Gasteiger partial charge < -0.3 is 14.6 Å². The molecule has 1 atom stereocenters. The second kappa shape index (κ2) is 5.66. The summed E-state index contributed by atoms with van der Waals surface area (Å²) in [5, 5.41) is 6.78. The summed E-state index contributed by atoms with van der Waals surface area (Å²) < 4.78 is 24.1. The summed E-state index contributed by atoms with van der Waals surface area (Å²) in [7, 11) is 0. The first-order valence-electron chi connectivity index (χ1n) is 7.59. The molecule has 0 aliphatic carbocycles. The molecule has 23 heavy (non-hydrogen) atoms. The largest absolute Gasteiger partial charge is 0.443 e. The molecule has 4 rings (SSSR count). The molecule has 0 saturated carbocycles. The topological polar surface area (TPSA) is 67.6 Å². The average molecular weight is 317 g/mol. The van der Waals surface area contributed by atoms with Crippen molar-refractivity contribution < 1.29 is 18.4 Å². The molecule has 1 fully saturated rings. The SMILES string of the molecule is O=C1NC[C@H](CN2CCc3onc(-c4cccc(F)c4)c3C2)O1. The molecule has 1 saturated heterocycles. The minimum absolute atomic E-state index is 0.137. The number of aromatic nitrogens is 1. The predicted octanol–water partition coefficient (Wildman–Crippen LogP) is 1.95. The number of carbonyl (C=O) groups is 1. The Balaban J connectivity index is 1.54. The van der Waals surface area contributed by atoms with Gasteiger partial charge in [-0.05, 0) is 12.1 Å². The van der Waals surface area contributed by atoms with E-state index < -0.39 is 0 Å². The van der Waals surface area contributed by atoms with E-state index in [1.165, 1.54) is 12.1 Å². The number of carbonyl (C=O) groups excluding carboxylic acids is 1. The van der Waals surface area contributed by atoms with E-state index in [2.05, 4.69) is 15.4 Å². The molecular formula is C16H16FN3O3. The van der Waals surface area contributed by atoms with Crippen LogP contribution in [0.2, 0.25) is 0 Å². The fourth-order valence-electron chi connectivity index (χ4n) is 3.11. The molecule has 1 N–H and O–H groups in total. The number of alkyl carbamates (subject to hydrolysis) is 1. The first-order chi connectivity index (χ1) is 11.2. The van der Waals surface area contributed by atoms with Crippen LogP contribution >= 0.6 is 0 Å². The van der Waals surface area contributed by atoms with Crippen molar-refractivity contribution >= 4 is 6.09 Å². The summed E-state index contributed by atoms with van der Waals surface area (Å²) in [6.45, 7) is 2.66. The van der Waals surface area contributed by atoms with Crippen LogP contribution in [0.5, 0.6) is 0 Å². The molecule has 2 aliphatic rings. The van der Waals surface area contributed by atoms with Gasteiger partial charge in [-0.15, -0.1) is 0 Å². The van der Waals surface area contributed by atoms with Gasteiger partial charge in [0.25, 0.3) is 0 Å². The van der Waals surface area contributed by atoms with E-state index in [0.717, 1.165) is 24.3 Å². The van der Waals surface area contributed by atoms with Gasteiger partial charge in [0.2, 0.25) is 0 Å². The van der Waals surface area contributed by atoms with Gasteiger partial charge in [0.15, 0.2) is 0 Å². The van der Waals surface area contributed by atoms with E-state index in [0.29, 0.717) is 30.9 Å². The lowest BCUT2D eigenvalue weighted by atomic mass is 10.0. The third kappa shape index (κ3) is 2.79. The van der Waals surface area contributed by atoms with Crippen LogP contribution in [-0.4, -0.2) is 41.9 Å². The maximum atomic E-state index is 13.5. The maximum Gasteiger partial charge on any atom is 0.407 e. The third-order valence-electron chi connectivity index (χ3n) is 4.21. The van der Waals surface area contributed by atoms with Gasteiger partial charge >= 0.3 is 6.09 Å². The van der Waals surface area contributed by atoms with Gasteiger partial charge in [0, 0.05) is 37.2 Å². The summed E-state index contributed by atoms with van der Waals surface area (Å²) in [6.07, 6.45) is 0.241. The number of hydrogen-bond donors (Lipinski definition) is 1. The first kappa shape index (κ1) is 14.2. The highest BCUT2D eigenvalue weighted by atomic mass is 19.1. The standard InChI is InChI=1S/C16H16FN3O3/c17-11-3-1-2-10(6-11)15-13-9-20(5-4-14(13)23-19-15)8-12-7-18-16(21)22-12/h1-3,6,12H,4-5,7-9H2,(H,18,21)/t12-/m1/s1. The van der Waals surface area contributed by atoms with Crippen molar-refractivity contribution in [3.63, 3.8) is 0 Å². The number of nitrogens with one attached hydrogen (secondary N) is 1. The van der Waals surface area contributed by atoms with Gasteiger partial charge in [-0.25, -0.2) is 9.18 Å². The molecule has 2 aliphatic heterocycles. The lowest BCUT2D eigenvalue weighted by Gasteiger charge is -2.27. The van der Waals surface area contributed by atoms with E-state index >= 15 is 0 Å². The zero-order valence-electron chi connectivity index (χ0n) is 12.4. The fraction of sp³-hybridized carbons (Fsp3) is 0.375. The van der Waals surface area contributed by atoms with Crippen LogP contribution < -0.4 is 5.32 Å². The number of amides is 1. The van der Waals surface area contributed by atoms with Crippen molar-refractivity contribution in [2.24, 2.45) is 0 Å². The maximum absolute atomic E-state index is 13.5. The van der Waals surface area contributed by atoms with Crippen LogP contribution in [0.3, 0.4) is 0 Å². The number of benzene rings is 1. The lowest BCUT2D eigenvalue weighted by molar-refractivity contribution is 0.102. The molecule has 0 spiro atoms. The summed E-state index contributed by atoms with van der Waals surface area (Å²) in [6, 6.07) is 6.35. The zero-order valence-corrected chi connectivity index (χ0v) is 12.4. The molecular weight excluding hydrogens is 301 g/mol.